The van der Waals surface area contributed by atoms with Gasteiger partial charge in [0.05, 0.1) is 11.5 Å². The summed E-state index contributed by atoms with van der Waals surface area (Å²) in [6.45, 7) is -1.30. The van der Waals surface area contributed by atoms with Crippen LogP contribution in [-0.2, 0) is 19.6 Å². The molecule has 1 rings (SSSR count). The Morgan fingerprint density at radius 1 is 1.45 bits per heavy atom. The highest BCUT2D eigenvalue weighted by Gasteiger charge is 2.38. The Balaban J connectivity index is 3.01. The zero-order valence-corrected chi connectivity index (χ0v) is 12.0. The number of esters is 1. The van der Waals surface area contributed by atoms with Crippen LogP contribution in [0, 0.1) is 0 Å². The van der Waals surface area contributed by atoms with Gasteiger partial charge in [-0.1, -0.05) is 0 Å². The Labute approximate surface area is 118 Å². The van der Waals surface area contributed by atoms with Gasteiger partial charge in [0.25, 0.3) is 0 Å². The van der Waals surface area contributed by atoms with Crippen LogP contribution < -0.4 is 0 Å². The Kier molecular flexibility index (Phi) is 5.54. The molecule has 0 aliphatic rings. The fraction of sp³-hybridized carbons (Fsp3) is 0.500. The van der Waals surface area contributed by atoms with Crippen LogP contribution in [0.1, 0.15) is 6.92 Å². The molecule has 1 aromatic rings. The molecule has 0 N–H and O–H groups in total. The summed E-state index contributed by atoms with van der Waals surface area (Å²) in [5.74, 6) is -1.03. The number of halogens is 3. The van der Waals surface area contributed by atoms with Gasteiger partial charge in [-0.05, 0) is 18.4 Å². The van der Waals surface area contributed by atoms with E-state index in [4.69, 9.17) is 0 Å². The van der Waals surface area contributed by atoms with E-state index in [1.807, 2.05) is 0 Å². The number of hydrogen-bond acceptors (Lipinski definition) is 5. The molecule has 0 radical (unpaired) electrons. The predicted octanol–water partition coefficient (Wildman–Crippen LogP) is 1.86. The molecule has 0 aromatic carbocycles. The molecule has 0 atom stereocenters. The van der Waals surface area contributed by atoms with Gasteiger partial charge in [0.2, 0.25) is 10.0 Å². The van der Waals surface area contributed by atoms with E-state index in [1.54, 1.807) is 0 Å². The van der Waals surface area contributed by atoms with Gasteiger partial charge >= 0.3 is 12.1 Å². The van der Waals surface area contributed by atoms with Crippen LogP contribution >= 0.6 is 11.3 Å². The zero-order chi connectivity index (χ0) is 15.4. The molecule has 0 aliphatic carbocycles. The predicted molar refractivity (Wildman–Crippen MR) is 65.8 cm³/mol. The van der Waals surface area contributed by atoms with Crippen molar-refractivity contribution in [3.63, 3.8) is 0 Å². The first-order valence-corrected chi connectivity index (χ1v) is 7.80. The van der Waals surface area contributed by atoms with Gasteiger partial charge in [0.1, 0.15) is 13.1 Å². The Bertz CT molecular complexity index is 539. The maximum Gasteiger partial charge on any atom is 0.402 e. The number of rotatable bonds is 6. The van der Waals surface area contributed by atoms with E-state index < -0.39 is 35.3 Å². The fourth-order valence-corrected chi connectivity index (χ4v) is 3.71. The summed E-state index contributed by atoms with van der Waals surface area (Å²) >= 11 is 1.03. The number of ether oxygens (including phenoxy) is 1. The summed E-state index contributed by atoms with van der Waals surface area (Å²) in [6.07, 6.45) is -4.75. The van der Waals surface area contributed by atoms with Crippen molar-refractivity contribution in [3.05, 3.63) is 16.8 Å². The minimum Gasteiger partial charge on any atom is -0.465 e. The van der Waals surface area contributed by atoms with Crippen molar-refractivity contribution < 1.29 is 31.1 Å². The lowest BCUT2D eigenvalue weighted by atomic mass is 10.5. The van der Waals surface area contributed by atoms with Gasteiger partial charge in [-0.15, -0.1) is 0 Å². The highest BCUT2D eigenvalue weighted by atomic mass is 32.2. The van der Waals surface area contributed by atoms with Crippen LogP contribution in [0.4, 0.5) is 13.2 Å². The van der Waals surface area contributed by atoms with Gasteiger partial charge in [-0.3, -0.25) is 4.79 Å². The smallest absolute Gasteiger partial charge is 0.402 e. The standard InChI is InChI=1S/C10H12F3NO4S2/c1-2-18-9(15)5-14(7-10(11,12)13)20(16,17)8-3-4-19-6-8/h3-4,6H,2,5,7H2,1H3. The van der Waals surface area contributed by atoms with E-state index in [1.165, 1.54) is 23.8 Å². The Morgan fingerprint density at radius 2 is 2.10 bits per heavy atom. The van der Waals surface area contributed by atoms with Crippen molar-refractivity contribution >= 4 is 27.3 Å². The van der Waals surface area contributed by atoms with E-state index in [-0.39, 0.29) is 15.8 Å². The first-order chi connectivity index (χ1) is 9.16. The van der Waals surface area contributed by atoms with Crippen molar-refractivity contribution in [1.82, 2.24) is 4.31 Å². The van der Waals surface area contributed by atoms with E-state index in [2.05, 4.69) is 4.74 Å². The number of thiophene rings is 1. The molecule has 10 heteroatoms. The fourth-order valence-electron chi connectivity index (χ4n) is 1.32. The molecule has 5 nitrogen and oxygen atoms in total. The van der Waals surface area contributed by atoms with Gasteiger partial charge in [-0.2, -0.15) is 28.8 Å². The molecule has 0 aliphatic heterocycles. The highest BCUT2D eigenvalue weighted by Crippen LogP contribution is 2.23. The monoisotopic (exact) mass is 331 g/mol. The largest absolute Gasteiger partial charge is 0.465 e. The summed E-state index contributed by atoms with van der Waals surface area (Å²) in [5, 5.41) is 2.62. The molecule has 0 unspecified atom stereocenters. The maximum absolute atomic E-state index is 12.5. The average molecular weight is 331 g/mol. The van der Waals surface area contributed by atoms with E-state index >= 15 is 0 Å². The molecule has 0 saturated carbocycles. The van der Waals surface area contributed by atoms with E-state index in [0.717, 1.165) is 11.3 Å². The number of carbonyl (C=O) groups excluding carboxylic acids is 1. The number of carbonyl (C=O) groups is 1. The third-order valence-corrected chi connectivity index (χ3v) is 4.72. The summed E-state index contributed by atoms with van der Waals surface area (Å²) in [4.78, 5) is 11.0. The lowest BCUT2D eigenvalue weighted by molar-refractivity contribution is -0.150. The van der Waals surface area contributed by atoms with Crippen LogP contribution in [-0.4, -0.2) is 44.6 Å². The third kappa shape index (κ3) is 4.76. The zero-order valence-electron chi connectivity index (χ0n) is 10.4. The molecule has 0 saturated heterocycles. The van der Waals surface area contributed by atoms with Crippen molar-refractivity contribution in [2.75, 3.05) is 19.7 Å². The minimum absolute atomic E-state index is 0.0445. The lowest BCUT2D eigenvalue weighted by Gasteiger charge is -2.21. The second-order valence-corrected chi connectivity index (χ2v) is 6.37. The summed E-state index contributed by atoms with van der Waals surface area (Å²) < 4.78 is 66.0. The number of sulfonamides is 1. The van der Waals surface area contributed by atoms with Gasteiger partial charge in [-0.25, -0.2) is 8.42 Å². The van der Waals surface area contributed by atoms with Crippen molar-refractivity contribution in [2.24, 2.45) is 0 Å². The second-order valence-electron chi connectivity index (χ2n) is 3.65. The normalized spacial score (nSPS) is 12.7. The molecular formula is C10H12F3NO4S2. The molecule has 0 amide bonds. The molecule has 114 valence electrons. The van der Waals surface area contributed by atoms with E-state index in [9.17, 15) is 26.4 Å². The summed E-state index contributed by atoms with van der Waals surface area (Å²) in [6, 6.07) is 1.18. The summed E-state index contributed by atoms with van der Waals surface area (Å²) in [7, 11) is -4.38. The second kappa shape index (κ2) is 6.55. The molecule has 0 fully saturated rings. The van der Waals surface area contributed by atoms with Crippen LogP contribution in [0.15, 0.2) is 21.7 Å². The molecule has 1 heterocycles. The van der Waals surface area contributed by atoms with Crippen molar-refractivity contribution in [1.29, 1.82) is 0 Å². The quantitative estimate of drug-likeness (QED) is 0.747. The van der Waals surface area contributed by atoms with Crippen LogP contribution in [0.25, 0.3) is 0 Å². The number of alkyl halides is 3. The molecule has 20 heavy (non-hydrogen) atoms. The van der Waals surface area contributed by atoms with Crippen molar-refractivity contribution in [2.45, 2.75) is 18.0 Å². The van der Waals surface area contributed by atoms with Gasteiger partial charge in [0.15, 0.2) is 0 Å². The molecule has 1 aromatic heterocycles. The van der Waals surface area contributed by atoms with Crippen LogP contribution in [0.3, 0.4) is 0 Å². The van der Waals surface area contributed by atoms with Gasteiger partial charge < -0.3 is 4.74 Å². The number of hydrogen-bond donors (Lipinski definition) is 0. The van der Waals surface area contributed by atoms with Crippen LogP contribution in [0.5, 0.6) is 0 Å². The lowest BCUT2D eigenvalue weighted by Crippen LogP contribution is -2.42. The summed E-state index contributed by atoms with van der Waals surface area (Å²) in [5.41, 5.74) is 0. The molecular weight excluding hydrogens is 319 g/mol. The molecule has 0 bridgehead atoms. The number of nitrogens with zero attached hydrogens (tertiary/aromatic N) is 1. The third-order valence-electron chi connectivity index (χ3n) is 2.10. The van der Waals surface area contributed by atoms with Crippen LogP contribution in [0.2, 0.25) is 0 Å². The first-order valence-electron chi connectivity index (χ1n) is 5.41. The van der Waals surface area contributed by atoms with Crippen molar-refractivity contribution in [3.8, 4) is 0 Å². The van der Waals surface area contributed by atoms with E-state index in [0.29, 0.717) is 0 Å². The topological polar surface area (TPSA) is 63.7 Å². The minimum atomic E-state index is -4.75. The SMILES string of the molecule is CCOC(=O)CN(CC(F)(F)F)S(=O)(=O)c1ccsc1. The highest BCUT2D eigenvalue weighted by molar-refractivity contribution is 7.89. The van der Waals surface area contributed by atoms with Gasteiger partial charge in [0, 0.05) is 5.38 Å². The molecule has 0 spiro atoms. The Morgan fingerprint density at radius 3 is 2.55 bits per heavy atom. The first kappa shape index (κ1) is 16.9. The average Bonchev–Trinajstić information content (AvgIpc) is 2.80. The maximum atomic E-state index is 12.5. The Hall–Kier alpha value is -1.13.